The van der Waals surface area contributed by atoms with Gasteiger partial charge in [0, 0.05) is 37.1 Å². The Labute approximate surface area is 83.6 Å². The van der Waals surface area contributed by atoms with E-state index in [1.807, 2.05) is 18.7 Å². The number of carbonyl (C=O) groups excluding carboxylic acids is 1. The highest BCUT2D eigenvalue weighted by Gasteiger charge is 2.16. The molecule has 0 spiro atoms. The predicted octanol–water partition coefficient (Wildman–Crippen LogP) is 0.687. The first-order chi connectivity index (χ1) is 6.33. The van der Waals surface area contributed by atoms with Crippen LogP contribution in [0.4, 0.5) is 0 Å². The molecule has 0 bridgehead atoms. The molecule has 1 fully saturated rings. The normalized spacial score (nSPS) is 23.0. The standard InChI is InChI=1S/C9H17NO2S/c1-2-12-6-9(11)5-8-7-13-4-3-10-8/h8,10H,2-7H2,1H3. The molecule has 76 valence electrons. The summed E-state index contributed by atoms with van der Waals surface area (Å²) in [5, 5.41) is 3.33. The van der Waals surface area contributed by atoms with E-state index in [9.17, 15) is 4.79 Å². The lowest BCUT2D eigenvalue weighted by Crippen LogP contribution is -2.39. The van der Waals surface area contributed by atoms with Gasteiger partial charge in [0.1, 0.15) is 6.61 Å². The highest BCUT2D eigenvalue weighted by atomic mass is 32.2. The van der Waals surface area contributed by atoms with Crippen molar-refractivity contribution in [3.8, 4) is 0 Å². The maximum Gasteiger partial charge on any atom is 0.160 e. The average molecular weight is 203 g/mol. The van der Waals surface area contributed by atoms with Gasteiger partial charge in [-0.05, 0) is 6.92 Å². The number of thioether (sulfide) groups is 1. The summed E-state index contributed by atoms with van der Waals surface area (Å²) >= 11 is 1.91. The Kier molecular flexibility index (Phi) is 5.43. The Morgan fingerprint density at radius 2 is 2.54 bits per heavy atom. The molecule has 1 heterocycles. The van der Waals surface area contributed by atoms with Crippen LogP contribution in [0.2, 0.25) is 0 Å². The molecule has 0 aromatic heterocycles. The van der Waals surface area contributed by atoms with Gasteiger partial charge >= 0.3 is 0 Å². The van der Waals surface area contributed by atoms with Crippen molar-refractivity contribution < 1.29 is 9.53 Å². The molecule has 0 radical (unpaired) electrons. The summed E-state index contributed by atoms with van der Waals surface area (Å²) in [7, 11) is 0. The molecule has 1 aliphatic rings. The zero-order valence-electron chi connectivity index (χ0n) is 8.04. The average Bonchev–Trinajstić information content (AvgIpc) is 2.16. The van der Waals surface area contributed by atoms with E-state index in [1.54, 1.807) is 0 Å². The zero-order chi connectivity index (χ0) is 9.52. The van der Waals surface area contributed by atoms with E-state index < -0.39 is 0 Å². The molecule has 0 aromatic rings. The highest BCUT2D eigenvalue weighted by Crippen LogP contribution is 2.10. The van der Waals surface area contributed by atoms with Gasteiger partial charge in [-0.25, -0.2) is 0 Å². The summed E-state index contributed by atoms with van der Waals surface area (Å²) in [5.74, 6) is 2.43. The van der Waals surface area contributed by atoms with Crippen LogP contribution < -0.4 is 5.32 Å². The Bertz CT molecular complexity index is 158. The van der Waals surface area contributed by atoms with Crippen molar-refractivity contribution in [3.05, 3.63) is 0 Å². The topological polar surface area (TPSA) is 38.3 Å². The monoisotopic (exact) mass is 203 g/mol. The van der Waals surface area contributed by atoms with Crippen LogP contribution in [-0.2, 0) is 9.53 Å². The molecular weight excluding hydrogens is 186 g/mol. The minimum absolute atomic E-state index is 0.210. The molecule has 1 rings (SSSR count). The first kappa shape index (κ1) is 11.0. The van der Waals surface area contributed by atoms with Gasteiger partial charge in [-0.2, -0.15) is 11.8 Å². The molecule has 0 amide bonds. The third-order valence-corrected chi connectivity index (χ3v) is 3.07. The van der Waals surface area contributed by atoms with Gasteiger partial charge in [0.05, 0.1) is 0 Å². The van der Waals surface area contributed by atoms with Gasteiger partial charge in [0.25, 0.3) is 0 Å². The predicted molar refractivity (Wildman–Crippen MR) is 55.2 cm³/mol. The van der Waals surface area contributed by atoms with Crippen LogP contribution in [0.5, 0.6) is 0 Å². The van der Waals surface area contributed by atoms with Crippen molar-refractivity contribution in [2.45, 2.75) is 19.4 Å². The molecule has 13 heavy (non-hydrogen) atoms. The number of hydrogen-bond acceptors (Lipinski definition) is 4. The van der Waals surface area contributed by atoms with E-state index >= 15 is 0 Å². The number of ether oxygens (including phenoxy) is 1. The van der Waals surface area contributed by atoms with Crippen molar-refractivity contribution in [1.29, 1.82) is 0 Å². The van der Waals surface area contributed by atoms with Crippen LogP contribution >= 0.6 is 11.8 Å². The van der Waals surface area contributed by atoms with Crippen molar-refractivity contribution in [2.75, 3.05) is 31.3 Å². The van der Waals surface area contributed by atoms with Crippen molar-refractivity contribution in [1.82, 2.24) is 5.32 Å². The molecule has 1 saturated heterocycles. The summed E-state index contributed by atoms with van der Waals surface area (Å²) in [6, 6.07) is 0.367. The van der Waals surface area contributed by atoms with E-state index in [4.69, 9.17) is 4.74 Å². The quantitative estimate of drug-likeness (QED) is 0.713. The van der Waals surface area contributed by atoms with Crippen molar-refractivity contribution in [3.63, 3.8) is 0 Å². The van der Waals surface area contributed by atoms with Crippen molar-refractivity contribution in [2.24, 2.45) is 0 Å². The second-order valence-corrected chi connectivity index (χ2v) is 4.26. The van der Waals surface area contributed by atoms with E-state index in [1.165, 1.54) is 0 Å². The Morgan fingerprint density at radius 3 is 3.15 bits per heavy atom. The van der Waals surface area contributed by atoms with Gasteiger partial charge in [0.2, 0.25) is 0 Å². The number of hydrogen-bond donors (Lipinski definition) is 1. The first-order valence-electron chi connectivity index (χ1n) is 4.73. The van der Waals surface area contributed by atoms with E-state index in [0.717, 1.165) is 18.1 Å². The van der Waals surface area contributed by atoms with Crippen LogP contribution in [-0.4, -0.2) is 43.1 Å². The van der Waals surface area contributed by atoms with E-state index in [2.05, 4.69) is 5.32 Å². The minimum Gasteiger partial charge on any atom is -0.374 e. The van der Waals surface area contributed by atoms with Gasteiger partial charge in [-0.15, -0.1) is 0 Å². The van der Waals surface area contributed by atoms with Gasteiger partial charge in [-0.1, -0.05) is 0 Å². The molecular formula is C9H17NO2S. The maximum absolute atomic E-state index is 11.3. The number of carbonyl (C=O) groups is 1. The number of ketones is 1. The Balaban J connectivity index is 2.11. The molecule has 0 aliphatic carbocycles. The molecule has 1 unspecified atom stereocenters. The van der Waals surface area contributed by atoms with Crippen LogP contribution in [0, 0.1) is 0 Å². The summed E-state index contributed by atoms with van der Waals surface area (Å²) in [4.78, 5) is 11.3. The lowest BCUT2D eigenvalue weighted by molar-refractivity contribution is -0.123. The highest BCUT2D eigenvalue weighted by molar-refractivity contribution is 7.99. The zero-order valence-corrected chi connectivity index (χ0v) is 8.86. The fourth-order valence-corrected chi connectivity index (χ4v) is 2.25. The van der Waals surface area contributed by atoms with E-state index in [-0.39, 0.29) is 12.4 Å². The summed E-state index contributed by atoms with van der Waals surface area (Å²) < 4.78 is 5.05. The van der Waals surface area contributed by atoms with Crippen LogP contribution in [0.3, 0.4) is 0 Å². The Hall–Kier alpha value is -0.0600. The number of rotatable bonds is 5. The van der Waals surface area contributed by atoms with Gasteiger partial charge in [0.15, 0.2) is 5.78 Å². The number of Topliss-reactive ketones (excluding diaryl/α,β-unsaturated/α-hetero) is 1. The first-order valence-corrected chi connectivity index (χ1v) is 5.89. The second kappa shape index (κ2) is 6.40. The van der Waals surface area contributed by atoms with Gasteiger partial charge in [-0.3, -0.25) is 4.79 Å². The molecule has 3 nitrogen and oxygen atoms in total. The SMILES string of the molecule is CCOCC(=O)CC1CSCCN1. The fourth-order valence-electron chi connectivity index (χ4n) is 1.30. The van der Waals surface area contributed by atoms with Crippen LogP contribution in [0.15, 0.2) is 0 Å². The lowest BCUT2D eigenvalue weighted by Gasteiger charge is -2.22. The third kappa shape index (κ3) is 4.64. The largest absolute Gasteiger partial charge is 0.374 e. The van der Waals surface area contributed by atoms with Crippen LogP contribution in [0.1, 0.15) is 13.3 Å². The third-order valence-electron chi connectivity index (χ3n) is 1.94. The Morgan fingerprint density at radius 1 is 1.69 bits per heavy atom. The summed E-state index contributed by atoms with van der Waals surface area (Å²) in [6.45, 7) is 3.83. The fraction of sp³-hybridized carbons (Fsp3) is 0.889. The summed E-state index contributed by atoms with van der Waals surface area (Å²) in [6.07, 6.45) is 0.618. The lowest BCUT2D eigenvalue weighted by atomic mass is 10.1. The second-order valence-electron chi connectivity index (χ2n) is 3.11. The minimum atomic E-state index is 0.210. The van der Waals surface area contributed by atoms with E-state index in [0.29, 0.717) is 19.1 Å². The summed E-state index contributed by atoms with van der Waals surface area (Å²) in [5.41, 5.74) is 0. The smallest absolute Gasteiger partial charge is 0.160 e. The maximum atomic E-state index is 11.3. The molecule has 1 atom stereocenters. The molecule has 0 aromatic carbocycles. The number of nitrogens with one attached hydrogen (secondary N) is 1. The molecule has 4 heteroatoms. The van der Waals surface area contributed by atoms with Crippen molar-refractivity contribution >= 4 is 17.5 Å². The molecule has 1 aliphatic heterocycles. The molecule has 1 N–H and O–H groups in total. The molecule has 0 saturated carbocycles. The van der Waals surface area contributed by atoms with Crippen LogP contribution in [0.25, 0.3) is 0 Å². The van der Waals surface area contributed by atoms with Gasteiger partial charge < -0.3 is 10.1 Å².